The third-order valence-electron chi connectivity index (χ3n) is 4.29. The first-order chi connectivity index (χ1) is 9.60. The second-order valence-electron chi connectivity index (χ2n) is 5.66. The largest absolute Gasteiger partial charge is 0.478 e. The van der Waals surface area contributed by atoms with Crippen LogP contribution in [0.1, 0.15) is 33.6 Å². The molecule has 1 amide bonds. The summed E-state index contributed by atoms with van der Waals surface area (Å²) in [6.07, 6.45) is 2.01. The summed E-state index contributed by atoms with van der Waals surface area (Å²) in [6.45, 7) is 3.03. The quantitative estimate of drug-likeness (QED) is 0.891. The van der Waals surface area contributed by atoms with Gasteiger partial charge in [0.15, 0.2) is 0 Å². The lowest BCUT2D eigenvalue weighted by Crippen LogP contribution is -2.32. The molecule has 1 aromatic rings. The van der Waals surface area contributed by atoms with Crippen LogP contribution in [-0.2, 0) is 4.74 Å². The van der Waals surface area contributed by atoms with E-state index in [0.29, 0.717) is 5.56 Å². The van der Waals surface area contributed by atoms with E-state index >= 15 is 0 Å². The predicted octanol–water partition coefficient (Wildman–Crippen LogP) is 1.64. The number of hydrogen-bond donors (Lipinski definition) is 1. The smallest absolute Gasteiger partial charge is 0.335 e. The van der Waals surface area contributed by atoms with Gasteiger partial charge in [0.1, 0.15) is 0 Å². The van der Waals surface area contributed by atoms with E-state index in [0.717, 1.165) is 39.1 Å². The molecule has 2 aliphatic heterocycles. The fraction of sp³-hybridized carbons (Fsp3) is 0.467. The number of rotatable bonds is 2. The highest BCUT2D eigenvalue weighted by Crippen LogP contribution is 2.38. The van der Waals surface area contributed by atoms with E-state index in [1.54, 1.807) is 12.1 Å². The van der Waals surface area contributed by atoms with Gasteiger partial charge in [-0.25, -0.2) is 4.79 Å². The van der Waals surface area contributed by atoms with Gasteiger partial charge in [0.05, 0.1) is 12.2 Å². The van der Waals surface area contributed by atoms with E-state index in [-0.39, 0.29) is 16.9 Å². The van der Waals surface area contributed by atoms with Crippen LogP contribution in [0.15, 0.2) is 24.3 Å². The van der Waals surface area contributed by atoms with Gasteiger partial charge in [0.25, 0.3) is 5.91 Å². The van der Waals surface area contributed by atoms with Crippen molar-refractivity contribution in [2.45, 2.75) is 12.8 Å². The third kappa shape index (κ3) is 2.29. The van der Waals surface area contributed by atoms with Crippen molar-refractivity contribution in [2.24, 2.45) is 5.41 Å². The molecule has 5 nitrogen and oxygen atoms in total. The highest BCUT2D eigenvalue weighted by Gasteiger charge is 2.42. The first kappa shape index (κ1) is 13.1. The van der Waals surface area contributed by atoms with Crippen LogP contribution < -0.4 is 0 Å². The number of carboxylic acids is 1. The maximum atomic E-state index is 12.4. The van der Waals surface area contributed by atoms with Gasteiger partial charge in [-0.1, -0.05) is 0 Å². The molecule has 1 unspecified atom stereocenters. The molecule has 1 aromatic carbocycles. The van der Waals surface area contributed by atoms with E-state index in [2.05, 4.69) is 0 Å². The number of aromatic carboxylic acids is 1. The van der Waals surface area contributed by atoms with Crippen LogP contribution in [-0.4, -0.2) is 48.2 Å². The summed E-state index contributed by atoms with van der Waals surface area (Å²) in [5.74, 6) is -1.00. The molecule has 106 valence electrons. The van der Waals surface area contributed by atoms with E-state index in [4.69, 9.17) is 9.84 Å². The molecule has 1 N–H and O–H groups in total. The molecule has 2 heterocycles. The predicted molar refractivity (Wildman–Crippen MR) is 71.8 cm³/mol. The van der Waals surface area contributed by atoms with Gasteiger partial charge in [0.2, 0.25) is 0 Å². The van der Waals surface area contributed by atoms with Crippen LogP contribution in [0.5, 0.6) is 0 Å². The number of hydrogen-bond acceptors (Lipinski definition) is 3. The van der Waals surface area contributed by atoms with E-state index in [9.17, 15) is 9.59 Å². The average Bonchev–Trinajstić information content (AvgIpc) is 3.09. The second-order valence-corrected chi connectivity index (χ2v) is 5.66. The molecule has 3 rings (SSSR count). The van der Waals surface area contributed by atoms with Gasteiger partial charge < -0.3 is 14.7 Å². The summed E-state index contributed by atoms with van der Waals surface area (Å²) in [5.41, 5.74) is 0.894. The molecular weight excluding hydrogens is 258 g/mol. The zero-order chi connectivity index (χ0) is 14.2. The molecule has 2 aliphatic rings. The number of carbonyl (C=O) groups is 2. The molecule has 0 aromatic heterocycles. The van der Waals surface area contributed by atoms with E-state index in [1.807, 2.05) is 4.90 Å². The second kappa shape index (κ2) is 4.90. The molecule has 0 saturated carbocycles. The van der Waals surface area contributed by atoms with Crippen LogP contribution in [0, 0.1) is 5.41 Å². The van der Waals surface area contributed by atoms with Crippen LogP contribution >= 0.6 is 0 Å². The molecule has 0 radical (unpaired) electrons. The first-order valence-corrected chi connectivity index (χ1v) is 6.80. The van der Waals surface area contributed by atoms with Crippen LogP contribution in [0.3, 0.4) is 0 Å². The summed E-state index contributed by atoms with van der Waals surface area (Å²) in [6, 6.07) is 6.12. The zero-order valence-electron chi connectivity index (χ0n) is 11.2. The lowest BCUT2D eigenvalue weighted by molar-refractivity contribution is 0.0694. The van der Waals surface area contributed by atoms with Gasteiger partial charge >= 0.3 is 5.97 Å². The molecule has 5 heteroatoms. The summed E-state index contributed by atoms with van der Waals surface area (Å²) in [4.78, 5) is 25.1. The molecule has 0 aliphatic carbocycles. The van der Waals surface area contributed by atoms with Gasteiger partial charge in [0, 0.05) is 30.7 Å². The minimum Gasteiger partial charge on any atom is -0.478 e. The fourth-order valence-electron chi connectivity index (χ4n) is 3.02. The summed E-state index contributed by atoms with van der Waals surface area (Å²) >= 11 is 0. The SMILES string of the molecule is O=C(O)c1ccc(C(=O)N2CCC3(CCOC3)C2)cc1. The minimum absolute atomic E-state index is 0.0225. The fourth-order valence-corrected chi connectivity index (χ4v) is 3.02. The van der Waals surface area contributed by atoms with Crippen LogP contribution in [0.4, 0.5) is 0 Å². The van der Waals surface area contributed by atoms with E-state index < -0.39 is 5.97 Å². The molecule has 2 fully saturated rings. The van der Waals surface area contributed by atoms with Crippen molar-refractivity contribution in [1.29, 1.82) is 0 Å². The van der Waals surface area contributed by atoms with Crippen molar-refractivity contribution in [1.82, 2.24) is 4.90 Å². The Morgan fingerprint density at radius 3 is 2.45 bits per heavy atom. The van der Waals surface area contributed by atoms with Crippen LogP contribution in [0.2, 0.25) is 0 Å². The van der Waals surface area contributed by atoms with Gasteiger partial charge in [-0.05, 0) is 37.1 Å². The standard InChI is InChI=1S/C15H17NO4/c17-13(11-1-3-12(4-2-11)14(18)19)16-7-5-15(9-16)6-8-20-10-15/h1-4H,5-10H2,(H,18,19). The molecular formula is C15H17NO4. The Morgan fingerprint density at radius 1 is 1.15 bits per heavy atom. The molecule has 20 heavy (non-hydrogen) atoms. The topological polar surface area (TPSA) is 66.8 Å². The van der Waals surface area contributed by atoms with Crippen molar-refractivity contribution >= 4 is 11.9 Å². The van der Waals surface area contributed by atoms with Crippen LogP contribution in [0.25, 0.3) is 0 Å². The zero-order valence-corrected chi connectivity index (χ0v) is 11.2. The van der Waals surface area contributed by atoms with Gasteiger partial charge in [-0.2, -0.15) is 0 Å². The number of nitrogens with zero attached hydrogens (tertiary/aromatic N) is 1. The molecule has 2 saturated heterocycles. The molecule has 0 bridgehead atoms. The Bertz CT molecular complexity index is 531. The third-order valence-corrected chi connectivity index (χ3v) is 4.29. The van der Waals surface area contributed by atoms with E-state index in [1.165, 1.54) is 12.1 Å². The van der Waals surface area contributed by atoms with Crippen molar-refractivity contribution < 1.29 is 19.4 Å². The normalized spacial score (nSPS) is 25.3. The Labute approximate surface area is 117 Å². The number of benzene rings is 1. The number of ether oxygens (including phenoxy) is 1. The first-order valence-electron chi connectivity index (χ1n) is 6.80. The maximum Gasteiger partial charge on any atom is 0.335 e. The highest BCUT2D eigenvalue weighted by atomic mass is 16.5. The summed E-state index contributed by atoms with van der Waals surface area (Å²) in [5, 5.41) is 8.86. The maximum absolute atomic E-state index is 12.4. The van der Waals surface area contributed by atoms with Crippen molar-refractivity contribution in [3.63, 3.8) is 0 Å². The van der Waals surface area contributed by atoms with Gasteiger partial charge in [-0.3, -0.25) is 4.79 Å². The number of likely N-dealkylation sites (tertiary alicyclic amines) is 1. The summed E-state index contributed by atoms with van der Waals surface area (Å²) in [7, 11) is 0. The van der Waals surface area contributed by atoms with Crippen molar-refractivity contribution in [3.05, 3.63) is 35.4 Å². The number of amides is 1. The van der Waals surface area contributed by atoms with Gasteiger partial charge in [-0.15, -0.1) is 0 Å². The van der Waals surface area contributed by atoms with Crippen molar-refractivity contribution in [2.75, 3.05) is 26.3 Å². The number of carboxylic acid groups (broad SMARTS) is 1. The number of carbonyl (C=O) groups excluding carboxylic acids is 1. The Morgan fingerprint density at radius 2 is 1.85 bits per heavy atom. The Kier molecular flexibility index (Phi) is 3.22. The minimum atomic E-state index is -0.979. The molecule has 1 atom stereocenters. The molecule has 1 spiro atoms. The Balaban J connectivity index is 1.71. The monoisotopic (exact) mass is 275 g/mol. The van der Waals surface area contributed by atoms with Crippen molar-refractivity contribution in [3.8, 4) is 0 Å². The Hall–Kier alpha value is -1.88. The highest BCUT2D eigenvalue weighted by molar-refractivity contribution is 5.96. The average molecular weight is 275 g/mol. The lowest BCUT2D eigenvalue weighted by atomic mass is 9.87. The lowest BCUT2D eigenvalue weighted by Gasteiger charge is -2.22. The summed E-state index contributed by atoms with van der Waals surface area (Å²) < 4.78 is 5.45.